The Hall–Kier alpha value is -0.0600. The molecule has 0 N–H and O–H groups in total. The van der Waals surface area contributed by atoms with E-state index < -0.39 is 0 Å². The molecule has 0 aliphatic carbocycles. The lowest BCUT2D eigenvalue weighted by atomic mass is 10.6. The number of rotatable bonds is 4. The van der Waals surface area contributed by atoms with Crippen LogP contribution in [0, 0.1) is 0 Å². The number of hydrogen-bond acceptors (Lipinski definition) is 4. The van der Waals surface area contributed by atoms with Crippen molar-refractivity contribution in [2.24, 2.45) is 0 Å². The van der Waals surface area contributed by atoms with Gasteiger partial charge >= 0.3 is 0 Å². The molecule has 1 rings (SSSR count). The number of nitrogens with zero attached hydrogens (tertiary/aromatic N) is 1. The Morgan fingerprint density at radius 3 is 3.18 bits per heavy atom. The largest absolute Gasteiger partial charge is 0.378 e. The summed E-state index contributed by atoms with van der Waals surface area (Å²) in [5.41, 5.74) is 1.16. The Morgan fingerprint density at radius 2 is 2.55 bits per heavy atom. The first kappa shape index (κ1) is 9.03. The fourth-order valence-electron chi connectivity index (χ4n) is 0.753. The molecule has 1 aromatic heterocycles. The van der Waals surface area contributed by atoms with Gasteiger partial charge in [-0.05, 0) is 6.26 Å². The number of thiazole rings is 1. The number of aromatic nitrogens is 1. The zero-order chi connectivity index (χ0) is 8.10. The number of ether oxygens (including phenoxy) is 1. The first-order valence-electron chi connectivity index (χ1n) is 3.28. The maximum Gasteiger partial charge on any atom is 0.119 e. The van der Waals surface area contributed by atoms with Crippen molar-refractivity contribution in [3.05, 3.63) is 16.1 Å². The third-order valence-electron chi connectivity index (χ3n) is 1.16. The second-order valence-corrected chi connectivity index (χ2v) is 3.91. The minimum Gasteiger partial charge on any atom is -0.378 e. The maximum absolute atomic E-state index is 4.96. The van der Waals surface area contributed by atoms with Crippen LogP contribution in [0.15, 0.2) is 5.38 Å². The van der Waals surface area contributed by atoms with E-state index in [0.29, 0.717) is 6.61 Å². The zero-order valence-corrected chi connectivity index (χ0v) is 8.30. The van der Waals surface area contributed by atoms with E-state index in [9.17, 15) is 0 Å². The summed E-state index contributed by atoms with van der Waals surface area (Å²) in [6.45, 7) is 0.638. The third-order valence-corrected chi connectivity index (χ3v) is 2.61. The highest BCUT2D eigenvalue weighted by Gasteiger charge is 1.99. The van der Waals surface area contributed by atoms with Gasteiger partial charge in [0.1, 0.15) is 5.01 Å². The van der Waals surface area contributed by atoms with E-state index in [0.717, 1.165) is 16.5 Å². The molecule has 2 nitrogen and oxygen atoms in total. The van der Waals surface area contributed by atoms with Crippen LogP contribution in [0.5, 0.6) is 0 Å². The number of hydrogen-bond donors (Lipinski definition) is 0. The Balaban J connectivity index is 2.51. The van der Waals surface area contributed by atoms with Crippen LogP contribution in [0.25, 0.3) is 0 Å². The van der Waals surface area contributed by atoms with Gasteiger partial charge in [0.25, 0.3) is 0 Å². The van der Waals surface area contributed by atoms with Crippen molar-refractivity contribution in [2.75, 3.05) is 13.4 Å². The summed E-state index contributed by atoms with van der Waals surface area (Å²) in [6.07, 6.45) is 2.08. The van der Waals surface area contributed by atoms with Crippen LogP contribution in [-0.2, 0) is 17.1 Å². The summed E-state index contributed by atoms with van der Waals surface area (Å²) in [7, 11) is 1.69. The molecule has 1 heterocycles. The van der Waals surface area contributed by atoms with Crippen LogP contribution >= 0.6 is 23.1 Å². The maximum atomic E-state index is 4.96. The number of methoxy groups -OCH3 is 1. The molecular weight excluding hydrogens is 178 g/mol. The second-order valence-electron chi connectivity index (χ2n) is 2.10. The minimum absolute atomic E-state index is 0.638. The monoisotopic (exact) mass is 189 g/mol. The predicted octanol–water partition coefficient (Wildman–Crippen LogP) is 2.15. The zero-order valence-electron chi connectivity index (χ0n) is 6.66. The van der Waals surface area contributed by atoms with Crippen molar-refractivity contribution in [1.29, 1.82) is 0 Å². The first-order valence-corrected chi connectivity index (χ1v) is 5.55. The molecule has 1 aromatic rings. The predicted molar refractivity (Wildman–Crippen MR) is 50.0 cm³/mol. The van der Waals surface area contributed by atoms with E-state index in [1.165, 1.54) is 0 Å². The van der Waals surface area contributed by atoms with E-state index >= 15 is 0 Å². The van der Waals surface area contributed by atoms with Gasteiger partial charge in [0, 0.05) is 18.2 Å². The normalized spacial score (nSPS) is 10.4. The standard InChI is InChI=1S/C7H11NOS2/c1-9-3-7-8-6(4-10-2)5-11-7/h5H,3-4H2,1-2H3. The molecule has 0 saturated carbocycles. The summed E-state index contributed by atoms with van der Waals surface area (Å²) in [4.78, 5) is 4.36. The quantitative estimate of drug-likeness (QED) is 0.724. The molecule has 0 amide bonds. The average Bonchev–Trinajstić information content (AvgIpc) is 2.38. The SMILES string of the molecule is COCc1nc(CSC)cs1. The molecule has 0 aromatic carbocycles. The van der Waals surface area contributed by atoms with Crippen molar-refractivity contribution in [2.45, 2.75) is 12.4 Å². The van der Waals surface area contributed by atoms with Gasteiger partial charge < -0.3 is 4.74 Å². The molecule has 0 fully saturated rings. The van der Waals surface area contributed by atoms with Crippen LogP contribution in [0.2, 0.25) is 0 Å². The summed E-state index contributed by atoms with van der Waals surface area (Å²) in [6, 6.07) is 0. The van der Waals surface area contributed by atoms with Crippen LogP contribution in [0.3, 0.4) is 0 Å². The molecule has 62 valence electrons. The van der Waals surface area contributed by atoms with Crippen LogP contribution in [-0.4, -0.2) is 18.3 Å². The minimum atomic E-state index is 0.638. The number of thioether (sulfide) groups is 1. The van der Waals surface area contributed by atoms with Crippen LogP contribution < -0.4 is 0 Å². The molecule has 0 radical (unpaired) electrons. The van der Waals surface area contributed by atoms with Crippen molar-refractivity contribution in [3.8, 4) is 0 Å². The fourth-order valence-corrected chi connectivity index (χ4v) is 2.07. The molecule has 0 aliphatic heterocycles. The van der Waals surface area contributed by atoms with Gasteiger partial charge in [0.15, 0.2) is 0 Å². The Morgan fingerprint density at radius 1 is 1.73 bits per heavy atom. The lowest BCUT2D eigenvalue weighted by Crippen LogP contribution is -1.86. The van der Waals surface area contributed by atoms with E-state index in [2.05, 4.69) is 16.6 Å². The Kier molecular flexibility index (Phi) is 3.90. The van der Waals surface area contributed by atoms with E-state index in [1.54, 1.807) is 30.2 Å². The second kappa shape index (κ2) is 4.74. The summed E-state index contributed by atoms with van der Waals surface area (Å²) < 4.78 is 4.96. The average molecular weight is 189 g/mol. The van der Waals surface area contributed by atoms with Gasteiger partial charge in [0.2, 0.25) is 0 Å². The van der Waals surface area contributed by atoms with Gasteiger partial charge in [0.05, 0.1) is 12.3 Å². The van der Waals surface area contributed by atoms with Crippen LogP contribution in [0.4, 0.5) is 0 Å². The molecule has 0 saturated heterocycles. The van der Waals surface area contributed by atoms with Gasteiger partial charge in [-0.25, -0.2) is 4.98 Å². The fraction of sp³-hybridized carbons (Fsp3) is 0.571. The van der Waals surface area contributed by atoms with Crippen LogP contribution in [0.1, 0.15) is 10.7 Å². The van der Waals surface area contributed by atoms with E-state index in [4.69, 9.17) is 4.74 Å². The van der Waals surface area contributed by atoms with Gasteiger partial charge in [-0.2, -0.15) is 11.8 Å². The lowest BCUT2D eigenvalue weighted by Gasteiger charge is -1.90. The van der Waals surface area contributed by atoms with Crippen molar-refractivity contribution < 1.29 is 4.74 Å². The highest BCUT2D eigenvalue weighted by atomic mass is 32.2. The molecule has 4 heteroatoms. The van der Waals surface area contributed by atoms with E-state index in [-0.39, 0.29) is 0 Å². The summed E-state index contributed by atoms with van der Waals surface area (Å²) in [5, 5.41) is 3.15. The molecule has 0 unspecified atom stereocenters. The topological polar surface area (TPSA) is 22.1 Å². The molecular formula is C7H11NOS2. The molecule has 11 heavy (non-hydrogen) atoms. The van der Waals surface area contributed by atoms with Gasteiger partial charge in [-0.1, -0.05) is 0 Å². The van der Waals surface area contributed by atoms with Crippen molar-refractivity contribution in [1.82, 2.24) is 4.98 Å². The summed E-state index contributed by atoms with van der Waals surface area (Å²) >= 11 is 3.45. The smallest absolute Gasteiger partial charge is 0.119 e. The molecule has 0 aliphatic rings. The summed E-state index contributed by atoms with van der Waals surface area (Å²) in [5.74, 6) is 1.00. The highest BCUT2D eigenvalue weighted by molar-refractivity contribution is 7.97. The Bertz CT molecular complexity index is 191. The Labute approximate surface area is 75.0 Å². The third kappa shape index (κ3) is 2.81. The first-order chi connectivity index (χ1) is 5.36. The highest BCUT2D eigenvalue weighted by Crippen LogP contribution is 2.14. The lowest BCUT2D eigenvalue weighted by molar-refractivity contribution is 0.184. The van der Waals surface area contributed by atoms with Gasteiger partial charge in [-0.3, -0.25) is 0 Å². The molecule has 0 bridgehead atoms. The van der Waals surface area contributed by atoms with Crippen molar-refractivity contribution >= 4 is 23.1 Å². The molecule has 0 atom stereocenters. The van der Waals surface area contributed by atoms with Gasteiger partial charge in [-0.15, -0.1) is 11.3 Å². The molecule has 0 spiro atoms. The van der Waals surface area contributed by atoms with Crippen molar-refractivity contribution in [3.63, 3.8) is 0 Å². The van der Waals surface area contributed by atoms with E-state index in [1.807, 2.05) is 0 Å².